The molecule has 120 valence electrons. The van der Waals surface area contributed by atoms with E-state index in [0.717, 1.165) is 25.0 Å². The summed E-state index contributed by atoms with van der Waals surface area (Å²) >= 11 is 0. The molecule has 1 aromatic rings. The van der Waals surface area contributed by atoms with E-state index in [9.17, 15) is 22.8 Å². The van der Waals surface area contributed by atoms with E-state index in [4.69, 9.17) is 5.73 Å². The Bertz CT molecular complexity index is 551. The molecule has 1 aromatic carbocycles. The van der Waals surface area contributed by atoms with Gasteiger partial charge in [-0.2, -0.15) is 13.2 Å². The number of primary amides is 1. The normalized spacial score (nSPS) is 16.1. The van der Waals surface area contributed by atoms with E-state index in [1.807, 2.05) is 0 Å². The van der Waals surface area contributed by atoms with Gasteiger partial charge in [-0.3, -0.25) is 9.59 Å². The number of benzene rings is 1. The summed E-state index contributed by atoms with van der Waals surface area (Å²) in [4.78, 5) is 22.9. The molecule has 7 heteroatoms. The summed E-state index contributed by atoms with van der Waals surface area (Å²) in [5.74, 6) is -0.534. The zero-order valence-corrected chi connectivity index (χ0v) is 11.8. The molecule has 0 spiro atoms. The molecular weight excluding hydrogens is 297 g/mol. The van der Waals surface area contributed by atoms with Crippen molar-refractivity contribution >= 4 is 11.8 Å². The molecule has 0 heterocycles. The van der Waals surface area contributed by atoms with Gasteiger partial charge in [0.1, 0.15) is 0 Å². The minimum absolute atomic E-state index is 0.0277. The zero-order chi connectivity index (χ0) is 16.3. The fourth-order valence-electron chi connectivity index (χ4n) is 2.31. The standard InChI is InChI=1S/C15H17F3N2O2/c16-15(17,18)11-5-1-9(2-6-11)7-14(22)20-12(8-13(19)21)10-3-4-10/h1-2,5-6,10,12H,3-4,7-8H2,(H2,19,21)(H,20,22)/t12-/m1/s1. The van der Waals surface area contributed by atoms with Crippen LogP contribution in [0.1, 0.15) is 30.4 Å². The smallest absolute Gasteiger partial charge is 0.370 e. The Kier molecular flexibility index (Phi) is 4.73. The first-order valence-electron chi connectivity index (χ1n) is 6.99. The molecule has 1 atom stereocenters. The van der Waals surface area contributed by atoms with Gasteiger partial charge in [0.05, 0.1) is 12.0 Å². The lowest BCUT2D eigenvalue weighted by Crippen LogP contribution is -2.40. The van der Waals surface area contributed by atoms with Crippen molar-refractivity contribution in [3.63, 3.8) is 0 Å². The second-order valence-electron chi connectivity index (χ2n) is 5.55. The van der Waals surface area contributed by atoms with Crippen molar-refractivity contribution in [3.8, 4) is 0 Å². The second-order valence-corrected chi connectivity index (χ2v) is 5.55. The van der Waals surface area contributed by atoms with Crippen molar-refractivity contribution in [2.75, 3.05) is 0 Å². The summed E-state index contributed by atoms with van der Waals surface area (Å²) in [7, 11) is 0. The number of alkyl halides is 3. The van der Waals surface area contributed by atoms with Gasteiger partial charge in [-0.15, -0.1) is 0 Å². The molecule has 2 amide bonds. The first kappa shape index (κ1) is 16.3. The summed E-state index contributed by atoms with van der Waals surface area (Å²) in [6.45, 7) is 0. The number of hydrogen-bond donors (Lipinski definition) is 2. The molecule has 0 saturated heterocycles. The first-order chi connectivity index (χ1) is 10.3. The molecule has 2 rings (SSSR count). The largest absolute Gasteiger partial charge is 0.416 e. The quantitative estimate of drug-likeness (QED) is 0.843. The number of carbonyl (C=O) groups is 2. The van der Waals surface area contributed by atoms with Gasteiger partial charge in [0, 0.05) is 12.5 Å². The van der Waals surface area contributed by atoms with Gasteiger partial charge in [-0.25, -0.2) is 0 Å². The molecule has 0 aliphatic heterocycles. The van der Waals surface area contributed by atoms with Gasteiger partial charge >= 0.3 is 6.18 Å². The molecular formula is C15H17F3N2O2. The Morgan fingerprint density at radius 2 is 1.82 bits per heavy atom. The Morgan fingerprint density at radius 3 is 2.27 bits per heavy atom. The fourth-order valence-corrected chi connectivity index (χ4v) is 2.31. The van der Waals surface area contributed by atoms with E-state index >= 15 is 0 Å². The number of halogens is 3. The van der Waals surface area contributed by atoms with Gasteiger partial charge in [-0.1, -0.05) is 12.1 Å². The third-order valence-electron chi connectivity index (χ3n) is 3.60. The van der Waals surface area contributed by atoms with E-state index in [-0.39, 0.29) is 30.7 Å². The molecule has 0 aromatic heterocycles. The van der Waals surface area contributed by atoms with Crippen LogP contribution < -0.4 is 11.1 Å². The van der Waals surface area contributed by atoms with E-state index in [0.29, 0.717) is 5.56 Å². The molecule has 1 fully saturated rings. The van der Waals surface area contributed by atoms with Crippen LogP contribution in [0.3, 0.4) is 0 Å². The minimum atomic E-state index is -4.39. The van der Waals surface area contributed by atoms with Crippen molar-refractivity contribution in [2.24, 2.45) is 11.7 Å². The van der Waals surface area contributed by atoms with Crippen molar-refractivity contribution in [1.82, 2.24) is 5.32 Å². The molecule has 22 heavy (non-hydrogen) atoms. The monoisotopic (exact) mass is 314 g/mol. The number of nitrogens with one attached hydrogen (secondary N) is 1. The summed E-state index contributed by atoms with van der Waals surface area (Å²) in [6, 6.07) is 4.18. The third kappa shape index (κ3) is 4.75. The molecule has 1 saturated carbocycles. The van der Waals surface area contributed by atoms with Gasteiger partial charge in [0.25, 0.3) is 0 Å². The fraction of sp³-hybridized carbons (Fsp3) is 0.467. The summed E-state index contributed by atoms with van der Waals surface area (Å²) < 4.78 is 37.3. The first-order valence-corrected chi connectivity index (χ1v) is 6.99. The minimum Gasteiger partial charge on any atom is -0.370 e. The number of nitrogens with two attached hydrogens (primary N) is 1. The van der Waals surface area contributed by atoms with Crippen LogP contribution in [0.4, 0.5) is 13.2 Å². The zero-order valence-electron chi connectivity index (χ0n) is 11.8. The topological polar surface area (TPSA) is 72.2 Å². The summed E-state index contributed by atoms with van der Waals surface area (Å²) in [6.07, 6.45) is -2.44. The molecule has 1 aliphatic rings. The third-order valence-corrected chi connectivity index (χ3v) is 3.60. The maximum Gasteiger partial charge on any atom is 0.416 e. The molecule has 4 nitrogen and oxygen atoms in total. The van der Waals surface area contributed by atoms with E-state index in [1.54, 1.807) is 0 Å². The highest BCUT2D eigenvalue weighted by Gasteiger charge is 2.33. The van der Waals surface area contributed by atoms with Crippen LogP contribution in [0.5, 0.6) is 0 Å². The predicted octanol–water partition coefficient (Wildman–Crippen LogP) is 2.02. The highest BCUT2D eigenvalue weighted by molar-refractivity contribution is 5.80. The van der Waals surface area contributed by atoms with Gasteiger partial charge in [0.2, 0.25) is 11.8 Å². The Balaban J connectivity index is 1.92. The summed E-state index contributed by atoms with van der Waals surface area (Å²) in [5, 5.41) is 2.74. The van der Waals surface area contributed by atoms with Crippen LogP contribution in [0.15, 0.2) is 24.3 Å². The molecule has 0 unspecified atom stereocenters. The molecule has 0 bridgehead atoms. The molecule has 1 aliphatic carbocycles. The van der Waals surface area contributed by atoms with Crippen LogP contribution in [-0.2, 0) is 22.2 Å². The Labute approximate surface area is 125 Å². The molecule has 3 N–H and O–H groups in total. The lowest BCUT2D eigenvalue weighted by atomic mass is 10.1. The predicted molar refractivity (Wildman–Crippen MR) is 73.6 cm³/mol. The SMILES string of the molecule is NC(=O)C[C@@H](NC(=O)Cc1ccc(C(F)(F)F)cc1)C1CC1. The van der Waals surface area contributed by atoms with Crippen molar-refractivity contribution in [1.29, 1.82) is 0 Å². The highest BCUT2D eigenvalue weighted by Crippen LogP contribution is 2.34. The van der Waals surface area contributed by atoms with Crippen LogP contribution in [0.2, 0.25) is 0 Å². The maximum atomic E-state index is 12.4. The van der Waals surface area contributed by atoms with E-state index < -0.39 is 17.6 Å². The van der Waals surface area contributed by atoms with Crippen molar-refractivity contribution in [3.05, 3.63) is 35.4 Å². The number of amides is 2. The average Bonchev–Trinajstić information content (AvgIpc) is 3.21. The number of rotatable bonds is 6. The van der Waals surface area contributed by atoms with E-state index in [1.165, 1.54) is 12.1 Å². The Hall–Kier alpha value is -2.05. The highest BCUT2D eigenvalue weighted by atomic mass is 19.4. The number of hydrogen-bond acceptors (Lipinski definition) is 2. The van der Waals surface area contributed by atoms with Gasteiger partial charge in [-0.05, 0) is 36.5 Å². The van der Waals surface area contributed by atoms with Crippen LogP contribution in [0, 0.1) is 5.92 Å². The average molecular weight is 314 g/mol. The lowest BCUT2D eigenvalue weighted by Gasteiger charge is -2.16. The summed E-state index contributed by atoms with van der Waals surface area (Å²) in [5.41, 5.74) is 4.88. The second kappa shape index (κ2) is 6.37. The van der Waals surface area contributed by atoms with Crippen molar-refractivity contribution in [2.45, 2.75) is 37.9 Å². The lowest BCUT2D eigenvalue weighted by molar-refractivity contribution is -0.137. The van der Waals surface area contributed by atoms with Crippen LogP contribution >= 0.6 is 0 Å². The van der Waals surface area contributed by atoms with Gasteiger partial charge in [0.15, 0.2) is 0 Å². The van der Waals surface area contributed by atoms with Gasteiger partial charge < -0.3 is 11.1 Å². The van der Waals surface area contributed by atoms with E-state index in [2.05, 4.69) is 5.32 Å². The Morgan fingerprint density at radius 1 is 1.23 bits per heavy atom. The maximum absolute atomic E-state index is 12.4. The van der Waals surface area contributed by atoms with Crippen LogP contribution in [-0.4, -0.2) is 17.9 Å². The van der Waals surface area contributed by atoms with Crippen molar-refractivity contribution < 1.29 is 22.8 Å². The van der Waals surface area contributed by atoms with Crippen LogP contribution in [0.25, 0.3) is 0 Å². The molecule has 0 radical (unpaired) electrons. The number of carbonyl (C=O) groups excluding carboxylic acids is 2.